The Labute approximate surface area is 85.6 Å². The topological polar surface area (TPSA) is 46.3 Å². The standard InChI is InChI=1S/C11H20N2O/c12-8-9-3-5-10(6-4-9)13-7-1-2-11(13)14/h9-10H,1-8,12H2. The van der Waals surface area contributed by atoms with Crippen LogP contribution in [0.4, 0.5) is 0 Å². The third kappa shape index (κ3) is 1.92. The number of hydrogen-bond acceptors (Lipinski definition) is 2. The first-order chi connectivity index (χ1) is 6.81. The zero-order chi connectivity index (χ0) is 9.97. The summed E-state index contributed by atoms with van der Waals surface area (Å²) in [5.74, 6) is 1.09. The van der Waals surface area contributed by atoms with Gasteiger partial charge in [-0.15, -0.1) is 0 Å². The molecule has 0 spiro atoms. The maximum Gasteiger partial charge on any atom is 0.222 e. The molecule has 0 unspecified atom stereocenters. The van der Waals surface area contributed by atoms with Crippen LogP contribution in [-0.4, -0.2) is 29.9 Å². The predicted octanol–water partition coefficient (Wildman–Crippen LogP) is 1.13. The van der Waals surface area contributed by atoms with Gasteiger partial charge in [0.05, 0.1) is 0 Å². The van der Waals surface area contributed by atoms with Crippen molar-refractivity contribution in [2.45, 2.75) is 44.6 Å². The van der Waals surface area contributed by atoms with Crippen LogP contribution in [0.25, 0.3) is 0 Å². The highest BCUT2D eigenvalue weighted by atomic mass is 16.2. The molecule has 1 saturated heterocycles. The van der Waals surface area contributed by atoms with Gasteiger partial charge in [0.15, 0.2) is 0 Å². The van der Waals surface area contributed by atoms with Crippen LogP contribution in [0.2, 0.25) is 0 Å². The first kappa shape index (κ1) is 9.97. The average Bonchev–Trinajstić information content (AvgIpc) is 2.65. The summed E-state index contributed by atoms with van der Waals surface area (Å²) in [6.07, 6.45) is 6.61. The Hall–Kier alpha value is -0.570. The zero-order valence-electron chi connectivity index (χ0n) is 8.74. The number of nitrogens with two attached hydrogens (primary N) is 1. The van der Waals surface area contributed by atoms with Gasteiger partial charge in [-0.05, 0) is 44.6 Å². The molecule has 2 rings (SSSR count). The van der Waals surface area contributed by atoms with Gasteiger partial charge in [-0.3, -0.25) is 4.79 Å². The van der Waals surface area contributed by atoms with E-state index in [1.165, 1.54) is 25.7 Å². The van der Waals surface area contributed by atoms with E-state index in [-0.39, 0.29) is 0 Å². The van der Waals surface area contributed by atoms with Gasteiger partial charge in [0, 0.05) is 19.0 Å². The molecule has 0 aromatic rings. The van der Waals surface area contributed by atoms with Gasteiger partial charge in [-0.2, -0.15) is 0 Å². The lowest BCUT2D eigenvalue weighted by atomic mass is 9.85. The lowest BCUT2D eigenvalue weighted by Gasteiger charge is -2.34. The van der Waals surface area contributed by atoms with Crippen LogP contribution in [0.3, 0.4) is 0 Å². The molecule has 0 atom stereocenters. The van der Waals surface area contributed by atoms with E-state index in [1.807, 2.05) is 0 Å². The van der Waals surface area contributed by atoms with E-state index in [0.717, 1.165) is 25.9 Å². The lowest BCUT2D eigenvalue weighted by Crippen LogP contribution is -2.39. The van der Waals surface area contributed by atoms with Crippen molar-refractivity contribution in [2.75, 3.05) is 13.1 Å². The number of carbonyl (C=O) groups is 1. The summed E-state index contributed by atoms with van der Waals surface area (Å²) in [5, 5.41) is 0. The van der Waals surface area contributed by atoms with E-state index in [0.29, 0.717) is 17.9 Å². The molecule has 1 aliphatic carbocycles. The van der Waals surface area contributed by atoms with Crippen LogP contribution in [0.5, 0.6) is 0 Å². The van der Waals surface area contributed by atoms with Crippen molar-refractivity contribution in [3.63, 3.8) is 0 Å². The van der Waals surface area contributed by atoms with E-state index >= 15 is 0 Å². The first-order valence-corrected chi connectivity index (χ1v) is 5.81. The largest absolute Gasteiger partial charge is 0.340 e. The van der Waals surface area contributed by atoms with Crippen molar-refractivity contribution in [1.82, 2.24) is 4.90 Å². The minimum absolute atomic E-state index is 0.376. The predicted molar refractivity (Wildman–Crippen MR) is 55.7 cm³/mol. The van der Waals surface area contributed by atoms with E-state index in [4.69, 9.17) is 5.73 Å². The van der Waals surface area contributed by atoms with Crippen molar-refractivity contribution < 1.29 is 4.79 Å². The molecule has 0 aromatic carbocycles. The molecule has 14 heavy (non-hydrogen) atoms. The number of rotatable bonds is 2. The molecular weight excluding hydrogens is 176 g/mol. The van der Waals surface area contributed by atoms with E-state index in [2.05, 4.69) is 4.90 Å². The fourth-order valence-corrected chi connectivity index (χ4v) is 2.75. The molecule has 3 heteroatoms. The summed E-state index contributed by atoms with van der Waals surface area (Å²) < 4.78 is 0. The van der Waals surface area contributed by atoms with Gasteiger partial charge >= 0.3 is 0 Å². The normalized spacial score (nSPS) is 33.8. The van der Waals surface area contributed by atoms with Crippen molar-refractivity contribution in [3.8, 4) is 0 Å². The van der Waals surface area contributed by atoms with Gasteiger partial charge in [0.1, 0.15) is 0 Å². The highest BCUT2D eigenvalue weighted by Gasteiger charge is 2.30. The third-order valence-electron chi connectivity index (χ3n) is 3.70. The summed E-state index contributed by atoms with van der Waals surface area (Å²) in [5.41, 5.74) is 5.65. The Morgan fingerprint density at radius 2 is 2.00 bits per heavy atom. The Bertz CT molecular complexity index is 209. The SMILES string of the molecule is NCC1CCC(N2CCCC2=O)CC1. The highest BCUT2D eigenvalue weighted by Crippen LogP contribution is 2.29. The van der Waals surface area contributed by atoms with Crippen LogP contribution in [0, 0.1) is 5.92 Å². The summed E-state index contributed by atoms with van der Waals surface area (Å²) in [7, 11) is 0. The minimum atomic E-state index is 0.376. The third-order valence-corrected chi connectivity index (χ3v) is 3.70. The number of hydrogen-bond donors (Lipinski definition) is 1. The summed E-state index contributed by atoms with van der Waals surface area (Å²) in [6.45, 7) is 1.82. The molecule has 80 valence electrons. The smallest absolute Gasteiger partial charge is 0.222 e. The lowest BCUT2D eigenvalue weighted by molar-refractivity contribution is -0.130. The number of carbonyl (C=O) groups excluding carboxylic acids is 1. The molecule has 0 bridgehead atoms. The molecule has 1 aliphatic heterocycles. The van der Waals surface area contributed by atoms with Crippen molar-refractivity contribution >= 4 is 5.91 Å². The Morgan fingerprint density at radius 1 is 1.29 bits per heavy atom. The van der Waals surface area contributed by atoms with E-state index < -0.39 is 0 Å². The second kappa shape index (κ2) is 4.30. The first-order valence-electron chi connectivity index (χ1n) is 5.81. The van der Waals surface area contributed by atoms with Crippen LogP contribution in [0.1, 0.15) is 38.5 Å². The van der Waals surface area contributed by atoms with Crippen molar-refractivity contribution in [1.29, 1.82) is 0 Å². The van der Waals surface area contributed by atoms with Gasteiger partial charge in [-0.1, -0.05) is 0 Å². The number of amides is 1. The average molecular weight is 196 g/mol. The molecule has 2 aliphatic rings. The Balaban J connectivity index is 1.85. The molecular formula is C11H20N2O. The van der Waals surface area contributed by atoms with Gasteiger partial charge < -0.3 is 10.6 Å². The van der Waals surface area contributed by atoms with Crippen LogP contribution < -0.4 is 5.73 Å². The van der Waals surface area contributed by atoms with Crippen LogP contribution in [-0.2, 0) is 4.79 Å². The van der Waals surface area contributed by atoms with E-state index in [1.54, 1.807) is 0 Å². The maximum absolute atomic E-state index is 11.5. The van der Waals surface area contributed by atoms with Crippen molar-refractivity contribution in [3.05, 3.63) is 0 Å². The monoisotopic (exact) mass is 196 g/mol. The Kier molecular flexibility index (Phi) is 3.06. The zero-order valence-corrected chi connectivity index (χ0v) is 8.74. The number of nitrogens with zero attached hydrogens (tertiary/aromatic N) is 1. The number of likely N-dealkylation sites (tertiary alicyclic amines) is 1. The van der Waals surface area contributed by atoms with E-state index in [9.17, 15) is 4.79 Å². The Morgan fingerprint density at radius 3 is 2.50 bits per heavy atom. The quantitative estimate of drug-likeness (QED) is 0.719. The van der Waals surface area contributed by atoms with Gasteiger partial charge in [0.2, 0.25) is 5.91 Å². The molecule has 2 fully saturated rings. The summed E-state index contributed by atoms with van der Waals surface area (Å²) in [4.78, 5) is 13.6. The maximum atomic E-state index is 11.5. The molecule has 2 N–H and O–H groups in total. The van der Waals surface area contributed by atoms with Crippen LogP contribution >= 0.6 is 0 Å². The molecule has 1 saturated carbocycles. The second-order valence-corrected chi connectivity index (χ2v) is 4.60. The molecule has 0 radical (unpaired) electrons. The summed E-state index contributed by atoms with van der Waals surface area (Å²) >= 11 is 0. The van der Waals surface area contributed by atoms with Gasteiger partial charge in [-0.25, -0.2) is 0 Å². The fraction of sp³-hybridized carbons (Fsp3) is 0.909. The molecule has 0 aromatic heterocycles. The van der Waals surface area contributed by atoms with Gasteiger partial charge in [0.25, 0.3) is 0 Å². The second-order valence-electron chi connectivity index (χ2n) is 4.60. The summed E-state index contributed by atoms with van der Waals surface area (Å²) in [6, 6.07) is 0.535. The van der Waals surface area contributed by atoms with Crippen LogP contribution in [0.15, 0.2) is 0 Å². The van der Waals surface area contributed by atoms with Crippen molar-refractivity contribution in [2.24, 2.45) is 11.7 Å². The highest BCUT2D eigenvalue weighted by molar-refractivity contribution is 5.78. The molecule has 3 nitrogen and oxygen atoms in total. The minimum Gasteiger partial charge on any atom is -0.340 e. The molecule has 1 heterocycles. The fourth-order valence-electron chi connectivity index (χ4n) is 2.75. The molecule has 1 amide bonds.